The Hall–Kier alpha value is -1.27. The van der Waals surface area contributed by atoms with Crippen LogP contribution in [0.5, 0.6) is 5.75 Å². The van der Waals surface area contributed by atoms with E-state index in [-0.39, 0.29) is 6.04 Å². The number of benzene rings is 1. The van der Waals surface area contributed by atoms with Crippen LogP contribution in [0.1, 0.15) is 31.7 Å². The third kappa shape index (κ3) is 2.62. The first-order chi connectivity index (χ1) is 9.56. The van der Waals surface area contributed by atoms with Crippen molar-refractivity contribution in [2.45, 2.75) is 38.6 Å². The van der Waals surface area contributed by atoms with Gasteiger partial charge in [-0.2, -0.15) is 12.7 Å². The van der Waals surface area contributed by atoms with E-state index in [1.165, 1.54) is 0 Å². The van der Waals surface area contributed by atoms with Gasteiger partial charge in [0.15, 0.2) is 0 Å². The zero-order valence-corrected chi connectivity index (χ0v) is 12.4. The summed E-state index contributed by atoms with van der Waals surface area (Å²) in [5.74, 6) is 0.869. The van der Waals surface area contributed by atoms with Gasteiger partial charge in [-0.3, -0.25) is 4.72 Å². The van der Waals surface area contributed by atoms with Gasteiger partial charge in [0.25, 0.3) is 0 Å². The maximum atomic E-state index is 12.4. The van der Waals surface area contributed by atoms with Gasteiger partial charge in [0, 0.05) is 12.6 Å². The van der Waals surface area contributed by atoms with Gasteiger partial charge in [0.1, 0.15) is 5.75 Å². The summed E-state index contributed by atoms with van der Waals surface area (Å²) in [5.41, 5.74) is 1.69. The molecule has 0 spiro atoms. The van der Waals surface area contributed by atoms with E-state index in [1.54, 1.807) is 10.4 Å². The molecule has 2 heterocycles. The van der Waals surface area contributed by atoms with Gasteiger partial charge >= 0.3 is 10.2 Å². The maximum Gasteiger partial charge on any atom is 0.301 e. The number of ether oxygens (including phenoxy) is 1. The Morgan fingerprint density at radius 3 is 2.95 bits per heavy atom. The molecule has 0 bridgehead atoms. The lowest BCUT2D eigenvalue weighted by Gasteiger charge is -2.23. The van der Waals surface area contributed by atoms with Crippen LogP contribution in [0.4, 0.5) is 5.69 Å². The van der Waals surface area contributed by atoms with Crippen LogP contribution in [0.25, 0.3) is 0 Å². The van der Waals surface area contributed by atoms with Gasteiger partial charge in [-0.25, -0.2) is 0 Å². The third-order valence-corrected chi connectivity index (χ3v) is 5.61. The molecule has 1 aromatic carbocycles. The lowest BCUT2D eigenvalue weighted by Crippen LogP contribution is -2.38. The van der Waals surface area contributed by atoms with E-state index in [9.17, 15) is 8.42 Å². The van der Waals surface area contributed by atoms with Crippen molar-refractivity contribution in [1.82, 2.24) is 4.31 Å². The number of anilines is 1. The predicted octanol–water partition coefficient (Wildman–Crippen LogP) is 2.15. The molecule has 2 aliphatic heterocycles. The lowest BCUT2D eigenvalue weighted by molar-refractivity contribution is 0.288. The minimum Gasteiger partial charge on any atom is -0.493 e. The summed E-state index contributed by atoms with van der Waals surface area (Å²) in [6.07, 6.45) is 3.77. The SMILES string of the molecule is CC1CCCN1S(=O)(=O)Nc1ccc2c(c1)CCCO2. The topological polar surface area (TPSA) is 58.6 Å². The smallest absolute Gasteiger partial charge is 0.301 e. The van der Waals surface area contributed by atoms with Crippen LogP contribution in [-0.4, -0.2) is 31.9 Å². The first kappa shape index (κ1) is 13.7. The zero-order valence-electron chi connectivity index (χ0n) is 11.6. The summed E-state index contributed by atoms with van der Waals surface area (Å²) >= 11 is 0. The van der Waals surface area contributed by atoms with E-state index in [0.29, 0.717) is 12.2 Å². The Morgan fingerprint density at radius 1 is 1.35 bits per heavy atom. The standard InChI is InChI=1S/C14H20N2O3S/c1-11-4-2-8-16(11)20(17,18)15-13-6-7-14-12(10-13)5-3-9-19-14/h6-7,10-11,15H,2-5,8-9H2,1H3. The summed E-state index contributed by atoms with van der Waals surface area (Å²) in [6, 6.07) is 5.57. The lowest BCUT2D eigenvalue weighted by atomic mass is 10.1. The molecule has 1 unspecified atom stereocenters. The Balaban J connectivity index is 1.80. The highest BCUT2D eigenvalue weighted by Gasteiger charge is 2.31. The second kappa shape index (κ2) is 5.26. The molecule has 3 rings (SSSR count). The van der Waals surface area contributed by atoms with Crippen molar-refractivity contribution in [1.29, 1.82) is 0 Å². The van der Waals surface area contributed by atoms with Crippen LogP contribution in [0.3, 0.4) is 0 Å². The molecular formula is C14H20N2O3S. The summed E-state index contributed by atoms with van der Waals surface area (Å²) in [5, 5.41) is 0. The van der Waals surface area contributed by atoms with Crippen LogP contribution < -0.4 is 9.46 Å². The highest BCUT2D eigenvalue weighted by molar-refractivity contribution is 7.90. The molecule has 110 valence electrons. The van der Waals surface area contributed by atoms with Crippen LogP contribution >= 0.6 is 0 Å². The first-order valence-electron chi connectivity index (χ1n) is 7.11. The quantitative estimate of drug-likeness (QED) is 0.930. The van der Waals surface area contributed by atoms with Crippen LogP contribution in [0.2, 0.25) is 0 Å². The number of nitrogens with one attached hydrogen (secondary N) is 1. The molecule has 1 atom stereocenters. The second-order valence-corrected chi connectivity index (χ2v) is 7.11. The molecular weight excluding hydrogens is 276 g/mol. The van der Waals surface area contributed by atoms with E-state index in [4.69, 9.17) is 4.74 Å². The van der Waals surface area contributed by atoms with Crippen LogP contribution in [0, 0.1) is 0 Å². The molecule has 1 N–H and O–H groups in total. The van der Waals surface area contributed by atoms with E-state index in [0.717, 1.165) is 43.6 Å². The molecule has 0 aromatic heterocycles. The van der Waals surface area contributed by atoms with Crippen LogP contribution in [0.15, 0.2) is 18.2 Å². The van der Waals surface area contributed by atoms with E-state index in [2.05, 4.69) is 4.72 Å². The van der Waals surface area contributed by atoms with Crippen molar-refractivity contribution in [3.63, 3.8) is 0 Å². The number of fused-ring (bicyclic) bond motifs is 1. The van der Waals surface area contributed by atoms with Gasteiger partial charge < -0.3 is 4.74 Å². The van der Waals surface area contributed by atoms with Crippen LogP contribution in [-0.2, 0) is 16.6 Å². The Labute approximate surface area is 120 Å². The van der Waals surface area contributed by atoms with Gasteiger partial charge in [0.05, 0.1) is 12.3 Å². The molecule has 0 saturated carbocycles. The fourth-order valence-electron chi connectivity index (χ4n) is 2.90. The molecule has 6 heteroatoms. The van der Waals surface area contributed by atoms with Crippen molar-refractivity contribution in [2.75, 3.05) is 17.9 Å². The Morgan fingerprint density at radius 2 is 2.20 bits per heavy atom. The first-order valence-corrected chi connectivity index (χ1v) is 8.55. The third-order valence-electron chi connectivity index (χ3n) is 3.96. The molecule has 1 saturated heterocycles. The normalized spacial score (nSPS) is 23.1. The molecule has 1 fully saturated rings. The number of hydrogen-bond donors (Lipinski definition) is 1. The van der Waals surface area contributed by atoms with E-state index < -0.39 is 10.2 Å². The van der Waals surface area contributed by atoms with Gasteiger partial charge in [-0.05, 0) is 56.4 Å². The molecule has 0 amide bonds. The summed E-state index contributed by atoms with van der Waals surface area (Å²) in [7, 11) is -3.45. The second-order valence-electron chi connectivity index (χ2n) is 5.48. The molecule has 5 nitrogen and oxygen atoms in total. The average Bonchev–Trinajstić information content (AvgIpc) is 2.85. The zero-order chi connectivity index (χ0) is 14.2. The van der Waals surface area contributed by atoms with Gasteiger partial charge in [0.2, 0.25) is 0 Å². The molecule has 0 radical (unpaired) electrons. The van der Waals surface area contributed by atoms with Crippen molar-refractivity contribution in [3.05, 3.63) is 23.8 Å². The van der Waals surface area contributed by atoms with Crippen molar-refractivity contribution >= 4 is 15.9 Å². The summed E-state index contributed by atoms with van der Waals surface area (Å²) in [4.78, 5) is 0. The minimum absolute atomic E-state index is 0.0773. The highest BCUT2D eigenvalue weighted by Crippen LogP contribution is 2.29. The minimum atomic E-state index is -3.45. The monoisotopic (exact) mass is 296 g/mol. The fourth-order valence-corrected chi connectivity index (χ4v) is 4.39. The molecule has 1 aromatic rings. The fraction of sp³-hybridized carbons (Fsp3) is 0.571. The molecule has 2 aliphatic rings. The van der Waals surface area contributed by atoms with Crippen molar-refractivity contribution < 1.29 is 13.2 Å². The number of nitrogens with zero attached hydrogens (tertiary/aromatic N) is 1. The highest BCUT2D eigenvalue weighted by atomic mass is 32.2. The number of hydrogen-bond acceptors (Lipinski definition) is 3. The Bertz CT molecular complexity index is 600. The number of aryl methyl sites for hydroxylation is 1. The van der Waals surface area contributed by atoms with E-state index >= 15 is 0 Å². The largest absolute Gasteiger partial charge is 0.493 e. The average molecular weight is 296 g/mol. The van der Waals surface area contributed by atoms with Crippen molar-refractivity contribution in [3.8, 4) is 5.75 Å². The summed E-state index contributed by atoms with van der Waals surface area (Å²) in [6.45, 7) is 3.29. The molecule has 20 heavy (non-hydrogen) atoms. The maximum absolute atomic E-state index is 12.4. The van der Waals surface area contributed by atoms with Crippen molar-refractivity contribution in [2.24, 2.45) is 0 Å². The van der Waals surface area contributed by atoms with Gasteiger partial charge in [-0.15, -0.1) is 0 Å². The Kier molecular flexibility index (Phi) is 3.60. The van der Waals surface area contributed by atoms with Gasteiger partial charge in [-0.1, -0.05) is 0 Å². The molecule has 0 aliphatic carbocycles. The number of rotatable bonds is 3. The predicted molar refractivity (Wildman–Crippen MR) is 78.2 cm³/mol. The summed E-state index contributed by atoms with van der Waals surface area (Å²) < 4.78 is 34.5. The van der Waals surface area contributed by atoms with E-state index in [1.807, 2.05) is 19.1 Å².